The van der Waals surface area contributed by atoms with Crippen LogP contribution in [-0.4, -0.2) is 23.3 Å². The largest absolute Gasteiger partial charge is 0.496 e. The van der Waals surface area contributed by atoms with Gasteiger partial charge >= 0.3 is 5.97 Å². The first kappa shape index (κ1) is 17.7. The van der Waals surface area contributed by atoms with Crippen LogP contribution in [0.15, 0.2) is 71.1 Å². The molecule has 0 saturated heterocycles. The number of aromatic nitrogens is 2. The van der Waals surface area contributed by atoms with Gasteiger partial charge in [0.1, 0.15) is 5.75 Å². The maximum absolute atomic E-state index is 12.8. The molecule has 0 radical (unpaired) electrons. The van der Waals surface area contributed by atoms with Gasteiger partial charge in [0.2, 0.25) is 5.89 Å². The zero-order valence-corrected chi connectivity index (χ0v) is 15.5. The zero-order chi connectivity index (χ0) is 19.5. The second kappa shape index (κ2) is 7.52. The molecule has 0 saturated carbocycles. The number of fused-ring (bicyclic) bond motifs is 1. The van der Waals surface area contributed by atoms with Gasteiger partial charge in [0.15, 0.2) is 6.10 Å². The van der Waals surface area contributed by atoms with Crippen LogP contribution in [0.25, 0.3) is 22.2 Å². The normalized spacial score (nSPS) is 11.9. The zero-order valence-electron chi connectivity index (χ0n) is 15.5. The van der Waals surface area contributed by atoms with Gasteiger partial charge in [-0.1, -0.05) is 42.5 Å². The minimum atomic E-state index is -0.682. The molecule has 1 heterocycles. The topological polar surface area (TPSA) is 74.5 Å². The summed E-state index contributed by atoms with van der Waals surface area (Å²) in [4.78, 5) is 12.8. The van der Waals surface area contributed by atoms with Gasteiger partial charge in [-0.05, 0) is 36.6 Å². The summed E-state index contributed by atoms with van der Waals surface area (Å²) < 4.78 is 16.6. The van der Waals surface area contributed by atoms with Crippen molar-refractivity contribution >= 4 is 16.7 Å². The highest BCUT2D eigenvalue weighted by Crippen LogP contribution is 2.30. The molecule has 1 atom stereocenters. The van der Waals surface area contributed by atoms with Crippen LogP contribution in [0.2, 0.25) is 0 Å². The molecule has 28 heavy (non-hydrogen) atoms. The van der Waals surface area contributed by atoms with Crippen molar-refractivity contribution in [3.05, 3.63) is 78.2 Å². The average molecular weight is 374 g/mol. The van der Waals surface area contributed by atoms with E-state index < -0.39 is 12.1 Å². The van der Waals surface area contributed by atoms with Crippen LogP contribution >= 0.6 is 0 Å². The molecule has 0 unspecified atom stereocenters. The fraction of sp³-hybridized carbons (Fsp3) is 0.136. The molecule has 1 aromatic heterocycles. The summed E-state index contributed by atoms with van der Waals surface area (Å²) in [5, 5.41) is 9.65. The summed E-state index contributed by atoms with van der Waals surface area (Å²) in [6, 6.07) is 20.4. The van der Waals surface area contributed by atoms with Gasteiger partial charge in [0, 0.05) is 10.9 Å². The minimum Gasteiger partial charge on any atom is -0.496 e. The highest BCUT2D eigenvalue weighted by atomic mass is 16.6. The number of ether oxygens (including phenoxy) is 2. The van der Waals surface area contributed by atoms with E-state index in [0.717, 1.165) is 16.3 Å². The van der Waals surface area contributed by atoms with Crippen molar-refractivity contribution in [3.63, 3.8) is 0 Å². The van der Waals surface area contributed by atoms with Gasteiger partial charge in [-0.2, -0.15) is 0 Å². The number of esters is 1. The lowest BCUT2D eigenvalue weighted by atomic mass is 10.0. The Morgan fingerprint density at radius 3 is 2.39 bits per heavy atom. The second-order valence-electron chi connectivity index (χ2n) is 6.22. The van der Waals surface area contributed by atoms with E-state index in [-0.39, 0.29) is 5.89 Å². The summed E-state index contributed by atoms with van der Waals surface area (Å²) in [6.45, 7) is 1.70. The van der Waals surface area contributed by atoms with Crippen LogP contribution in [0, 0.1) is 0 Å². The minimum absolute atomic E-state index is 0.241. The van der Waals surface area contributed by atoms with Crippen molar-refractivity contribution in [1.82, 2.24) is 10.2 Å². The number of benzene rings is 3. The molecule has 0 bridgehead atoms. The molecule has 0 amide bonds. The van der Waals surface area contributed by atoms with Crippen molar-refractivity contribution < 1.29 is 18.7 Å². The van der Waals surface area contributed by atoms with E-state index in [1.807, 2.05) is 54.6 Å². The maximum atomic E-state index is 12.8. The molecule has 0 aliphatic heterocycles. The maximum Gasteiger partial charge on any atom is 0.339 e. The van der Waals surface area contributed by atoms with Crippen molar-refractivity contribution in [2.75, 3.05) is 7.11 Å². The Morgan fingerprint density at radius 2 is 1.64 bits per heavy atom. The van der Waals surface area contributed by atoms with Gasteiger partial charge in [-0.3, -0.25) is 0 Å². The average Bonchev–Trinajstić information content (AvgIpc) is 3.24. The fourth-order valence-electron chi connectivity index (χ4n) is 3.00. The molecule has 140 valence electrons. The quantitative estimate of drug-likeness (QED) is 0.466. The lowest BCUT2D eigenvalue weighted by Gasteiger charge is -2.12. The van der Waals surface area contributed by atoms with Crippen LogP contribution in [0.3, 0.4) is 0 Å². The third-order valence-corrected chi connectivity index (χ3v) is 4.42. The molecular weight excluding hydrogens is 356 g/mol. The van der Waals surface area contributed by atoms with Gasteiger partial charge < -0.3 is 13.9 Å². The smallest absolute Gasteiger partial charge is 0.339 e. The van der Waals surface area contributed by atoms with E-state index in [1.165, 1.54) is 0 Å². The highest BCUT2D eigenvalue weighted by Gasteiger charge is 2.21. The molecule has 4 rings (SSSR count). The third kappa shape index (κ3) is 3.32. The van der Waals surface area contributed by atoms with Crippen molar-refractivity contribution in [1.29, 1.82) is 0 Å². The van der Waals surface area contributed by atoms with Crippen LogP contribution in [0.4, 0.5) is 0 Å². The predicted octanol–water partition coefficient (Wildman–Crippen LogP) is 4.82. The summed E-state index contributed by atoms with van der Waals surface area (Å²) >= 11 is 0. The Kier molecular flexibility index (Phi) is 4.76. The Hall–Kier alpha value is -3.67. The molecule has 6 nitrogen and oxygen atoms in total. The van der Waals surface area contributed by atoms with Crippen LogP contribution in [0.1, 0.15) is 29.3 Å². The lowest BCUT2D eigenvalue weighted by molar-refractivity contribution is 0.0282. The number of rotatable bonds is 5. The molecule has 6 heteroatoms. The first-order chi connectivity index (χ1) is 13.7. The first-order valence-corrected chi connectivity index (χ1v) is 8.83. The predicted molar refractivity (Wildman–Crippen MR) is 104 cm³/mol. The Labute approximate surface area is 161 Å². The molecule has 0 aliphatic rings. The molecule has 4 aromatic rings. The van der Waals surface area contributed by atoms with E-state index in [4.69, 9.17) is 13.9 Å². The lowest BCUT2D eigenvalue weighted by Crippen LogP contribution is -2.10. The molecule has 0 spiro atoms. The highest BCUT2D eigenvalue weighted by molar-refractivity contribution is 6.06. The van der Waals surface area contributed by atoms with Crippen LogP contribution in [0.5, 0.6) is 5.75 Å². The van der Waals surface area contributed by atoms with Crippen molar-refractivity contribution in [2.45, 2.75) is 13.0 Å². The van der Waals surface area contributed by atoms with Gasteiger partial charge in [0.25, 0.3) is 5.89 Å². The van der Waals surface area contributed by atoms with Gasteiger partial charge in [-0.15, -0.1) is 10.2 Å². The van der Waals surface area contributed by atoms with Crippen LogP contribution < -0.4 is 4.74 Å². The number of carbonyl (C=O) groups excluding carboxylic acids is 1. The summed E-state index contributed by atoms with van der Waals surface area (Å²) in [6.07, 6.45) is -0.682. The van der Waals surface area contributed by atoms with Crippen molar-refractivity contribution in [2.24, 2.45) is 0 Å². The SMILES string of the molecule is COc1ccc(C(=O)O[C@H](C)c2nnc(-c3ccccc3)o2)c2ccccc12. The second-order valence-corrected chi connectivity index (χ2v) is 6.22. The van der Waals surface area contributed by atoms with Crippen molar-refractivity contribution in [3.8, 4) is 17.2 Å². The number of hydrogen-bond acceptors (Lipinski definition) is 6. The number of carbonyl (C=O) groups is 1. The third-order valence-electron chi connectivity index (χ3n) is 4.42. The van der Waals surface area contributed by atoms with E-state index in [2.05, 4.69) is 10.2 Å². The molecule has 0 N–H and O–H groups in total. The molecule has 0 fully saturated rings. The molecule has 0 aliphatic carbocycles. The summed E-state index contributed by atoms with van der Waals surface area (Å²) in [5.41, 5.74) is 1.26. The number of methoxy groups -OCH3 is 1. The number of nitrogens with zero attached hydrogens (tertiary/aromatic N) is 2. The summed E-state index contributed by atoms with van der Waals surface area (Å²) in [7, 11) is 1.60. The van der Waals surface area contributed by atoms with E-state index in [1.54, 1.807) is 26.2 Å². The Bertz CT molecular complexity index is 1120. The fourth-order valence-corrected chi connectivity index (χ4v) is 3.00. The standard InChI is InChI=1S/C22H18N2O4/c1-14(20-23-24-21(28-20)15-8-4-3-5-9-15)27-22(25)18-12-13-19(26-2)17-11-7-6-10-16(17)18/h3-14H,1-2H3/t14-/m1/s1. The van der Waals surface area contributed by atoms with E-state index in [9.17, 15) is 4.79 Å². The Balaban J connectivity index is 1.58. The first-order valence-electron chi connectivity index (χ1n) is 8.83. The Morgan fingerprint density at radius 1 is 0.929 bits per heavy atom. The van der Waals surface area contributed by atoms with E-state index >= 15 is 0 Å². The molecule has 3 aromatic carbocycles. The van der Waals surface area contributed by atoms with Crippen LogP contribution in [-0.2, 0) is 4.74 Å². The number of hydrogen-bond donors (Lipinski definition) is 0. The van der Waals surface area contributed by atoms with Gasteiger partial charge in [-0.25, -0.2) is 4.79 Å². The monoisotopic (exact) mass is 374 g/mol. The van der Waals surface area contributed by atoms with E-state index in [0.29, 0.717) is 17.2 Å². The molecular formula is C22H18N2O4. The van der Waals surface area contributed by atoms with Gasteiger partial charge in [0.05, 0.1) is 12.7 Å². The summed E-state index contributed by atoms with van der Waals surface area (Å²) in [5.74, 6) is 0.855.